The molecule has 1 fully saturated rings. The van der Waals surface area contributed by atoms with Crippen molar-refractivity contribution in [3.8, 4) is 44.5 Å². The van der Waals surface area contributed by atoms with Crippen molar-refractivity contribution in [1.29, 1.82) is 0 Å². The van der Waals surface area contributed by atoms with E-state index in [9.17, 15) is 0 Å². The van der Waals surface area contributed by atoms with Crippen LogP contribution < -0.4 is 26.2 Å². The van der Waals surface area contributed by atoms with E-state index < -0.39 is 0 Å². The molecule has 2 heterocycles. The second-order valence-corrected chi connectivity index (χ2v) is 19.0. The first-order chi connectivity index (χ1) is 32.7. The van der Waals surface area contributed by atoms with Crippen LogP contribution in [0.1, 0.15) is 61.1 Å². The maximum atomic E-state index is 2.64. The minimum absolute atomic E-state index is 0.0804. The Labute approximate surface area is 389 Å². The van der Waals surface area contributed by atoms with Gasteiger partial charge in [0.1, 0.15) is 0 Å². The molecule has 0 atom stereocenters. The summed E-state index contributed by atoms with van der Waals surface area (Å²) in [5, 5.41) is 0. The van der Waals surface area contributed by atoms with Crippen molar-refractivity contribution in [2.75, 3.05) is 9.80 Å². The zero-order valence-electron chi connectivity index (χ0n) is 37.3. The van der Waals surface area contributed by atoms with E-state index in [1.807, 2.05) is 0 Å². The van der Waals surface area contributed by atoms with Crippen molar-refractivity contribution in [1.82, 2.24) is 0 Å². The summed E-state index contributed by atoms with van der Waals surface area (Å²) in [4.78, 5) is 5.26. The fourth-order valence-electron chi connectivity index (χ4n) is 11.9. The lowest BCUT2D eigenvalue weighted by atomic mass is 9.33. The molecule has 3 heteroatoms. The van der Waals surface area contributed by atoms with Crippen LogP contribution in [0.25, 0.3) is 44.5 Å². The molecule has 1 saturated carbocycles. The summed E-state index contributed by atoms with van der Waals surface area (Å²) >= 11 is 0. The molecule has 0 saturated heterocycles. The van der Waals surface area contributed by atoms with Gasteiger partial charge in [0.25, 0.3) is 6.71 Å². The lowest BCUT2D eigenvalue weighted by Crippen LogP contribution is -2.61. The highest BCUT2D eigenvalue weighted by Gasteiger charge is 2.44. The van der Waals surface area contributed by atoms with Gasteiger partial charge in [-0.25, -0.2) is 0 Å². The number of benzene rings is 9. The third kappa shape index (κ3) is 6.71. The summed E-state index contributed by atoms with van der Waals surface area (Å²) in [5.74, 6) is 0.585. The first kappa shape index (κ1) is 39.0. The summed E-state index contributed by atoms with van der Waals surface area (Å²) in [6.07, 6.45) is 9.97. The molecule has 0 aromatic heterocycles. The van der Waals surface area contributed by atoms with Gasteiger partial charge >= 0.3 is 0 Å². The molecule has 0 bridgehead atoms. The SMILES string of the molecule is c1ccc(-c2cc(-c3ccccc3)cc(N3c4cc(C5CCCCC5)ccc4B4c5cc6c(cc5N(c5cc(-c7ccccc7)cc(-c7ccccc7)c5)c5cccc3c54)CCC6)c2)cc1. The topological polar surface area (TPSA) is 6.48 Å². The van der Waals surface area contributed by atoms with Crippen molar-refractivity contribution in [3.05, 3.63) is 223 Å². The van der Waals surface area contributed by atoms with Gasteiger partial charge in [-0.05, 0) is 176 Å². The fraction of sp³-hybridized carbons (Fsp3) is 0.143. The average Bonchev–Trinajstić information content (AvgIpc) is 3.86. The predicted molar refractivity (Wildman–Crippen MR) is 280 cm³/mol. The van der Waals surface area contributed by atoms with Gasteiger partial charge < -0.3 is 9.80 Å². The molecule has 2 aliphatic heterocycles. The molecule has 9 aromatic rings. The van der Waals surface area contributed by atoms with E-state index in [1.54, 1.807) is 0 Å². The molecule has 0 N–H and O–H groups in total. The van der Waals surface area contributed by atoms with Gasteiger partial charge in [0.05, 0.1) is 0 Å². The normalized spacial score (nSPS) is 14.9. The van der Waals surface area contributed by atoms with Crippen LogP contribution in [0.3, 0.4) is 0 Å². The van der Waals surface area contributed by atoms with Gasteiger partial charge in [0.2, 0.25) is 0 Å². The van der Waals surface area contributed by atoms with Gasteiger partial charge in [0, 0.05) is 34.1 Å². The number of fused-ring (bicyclic) bond motifs is 5. The Kier molecular flexibility index (Phi) is 9.62. The number of hydrogen-bond acceptors (Lipinski definition) is 2. The van der Waals surface area contributed by atoms with Crippen molar-refractivity contribution in [3.63, 3.8) is 0 Å². The molecule has 13 rings (SSSR count). The fourth-order valence-corrected chi connectivity index (χ4v) is 11.9. The highest BCUT2D eigenvalue weighted by Crippen LogP contribution is 2.48. The standard InChI is InChI=1S/C63H51BN2/c1-6-18-43(19-7-1)50-32-33-57-61(42-50)65(55-36-51(44-20-8-2-9-21-44)34-52(37-55)45-22-10-3-11-23-45)59-30-17-31-60-63(59)64(57)58-40-48-28-16-29-49(48)41-62(58)66(60)56-38-53(46-24-12-4-13-25-46)35-54(39-56)47-26-14-5-15-27-47/h2-5,8-15,17,20-27,30-43H,1,6-7,16,18-19,28-29H2. The van der Waals surface area contributed by atoms with Crippen molar-refractivity contribution in [2.24, 2.45) is 0 Å². The molecule has 2 nitrogen and oxygen atoms in total. The Hall–Kier alpha value is -7.36. The van der Waals surface area contributed by atoms with Gasteiger partial charge in [-0.1, -0.05) is 165 Å². The second kappa shape index (κ2) is 16.3. The summed E-state index contributed by atoms with van der Waals surface area (Å²) in [6, 6.07) is 78.2. The Bertz CT molecular complexity index is 3150. The summed E-state index contributed by atoms with van der Waals surface area (Å²) in [7, 11) is 0. The molecule has 2 aliphatic carbocycles. The van der Waals surface area contributed by atoms with Crippen molar-refractivity contribution >= 4 is 57.2 Å². The molecule has 0 unspecified atom stereocenters. The lowest BCUT2D eigenvalue weighted by molar-refractivity contribution is 0.444. The van der Waals surface area contributed by atoms with E-state index in [0.717, 1.165) is 12.8 Å². The molecule has 66 heavy (non-hydrogen) atoms. The van der Waals surface area contributed by atoms with E-state index in [0.29, 0.717) is 5.92 Å². The summed E-state index contributed by atoms with van der Waals surface area (Å²) < 4.78 is 0. The molecular formula is C63H51BN2. The van der Waals surface area contributed by atoms with Crippen LogP contribution >= 0.6 is 0 Å². The Balaban J connectivity index is 1.09. The van der Waals surface area contributed by atoms with E-state index in [2.05, 4.69) is 216 Å². The Morgan fingerprint density at radius 2 is 0.788 bits per heavy atom. The molecule has 0 amide bonds. The minimum Gasteiger partial charge on any atom is -0.311 e. The van der Waals surface area contributed by atoms with Crippen LogP contribution in [0, 0.1) is 0 Å². The summed E-state index contributed by atoms with van der Waals surface area (Å²) in [6.45, 7) is 0.0804. The highest BCUT2D eigenvalue weighted by atomic mass is 15.2. The quantitative estimate of drug-likeness (QED) is 0.147. The van der Waals surface area contributed by atoms with Crippen LogP contribution in [-0.2, 0) is 12.8 Å². The molecule has 316 valence electrons. The molecular weight excluding hydrogens is 796 g/mol. The lowest BCUT2D eigenvalue weighted by Gasteiger charge is -2.45. The van der Waals surface area contributed by atoms with Crippen molar-refractivity contribution in [2.45, 2.75) is 57.3 Å². The van der Waals surface area contributed by atoms with Crippen molar-refractivity contribution < 1.29 is 0 Å². The highest BCUT2D eigenvalue weighted by molar-refractivity contribution is 7.00. The second-order valence-electron chi connectivity index (χ2n) is 19.0. The largest absolute Gasteiger partial charge is 0.311 e. The summed E-state index contributed by atoms with van der Waals surface area (Å²) in [5.41, 5.74) is 25.9. The average molecular weight is 847 g/mol. The molecule has 0 spiro atoms. The van der Waals surface area contributed by atoms with Crippen LogP contribution in [0.15, 0.2) is 206 Å². The first-order valence-corrected chi connectivity index (χ1v) is 24.3. The van der Waals surface area contributed by atoms with Gasteiger partial charge in [-0.3, -0.25) is 0 Å². The third-order valence-corrected chi connectivity index (χ3v) is 15.1. The van der Waals surface area contributed by atoms with Crippen LogP contribution in [0.2, 0.25) is 0 Å². The number of hydrogen-bond donors (Lipinski definition) is 0. The predicted octanol–water partition coefficient (Wildman–Crippen LogP) is 15.0. The van der Waals surface area contributed by atoms with Crippen LogP contribution in [0.5, 0.6) is 0 Å². The maximum absolute atomic E-state index is 2.64. The van der Waals surface area contributed by atoms with E-state index in [1.165, 1.54) is 150 Å². The first-order valence-electron chi connectivity index (χ1n) is 24.3. The van der Waals surface area contributed by atoms with E-state index in [4.69, 9.17) is 0 Å². The van der Waals surface area contributed by atoms with E-state index in [-0.39, 0.29) is 6.71 Å². The number of aryl methyl sites for hydroxylation is 2. The number of nitrogens with zero attached hydrogens (tertiary/aromatic N) is 2. The van der Waals surface area contributed by atoms with Crippen LogP contribution in [0.4, 0.5) is 34.1 Å². The Morgan fingerprint density at radius 1 is 0.333 bits per heavy atom. The van der Waals surface area contributed by atoms with Gasteiger partial charge in [0.15, 0.2) is 0 Å². The van der Waals surface area contributed by atoms with Gasteiger partial charge in [-0.15, -0.1) is 0 Å². The zero-order chi connectivity index (χ0) is 43.6. The van der Waals surface area contributed by atoms with E-state index >= 15 is 0 Å². The monoisotopic (exact) mass is 846 g/mol. The zero-order valence-corrected chi connectivity index (χ0v) is 37.3. The minimum atomic E-state index is 0.0804. The molecule has 0 radical (unpaired) electrons. The third-order valence-electron chi connectivity index (χ3n) is 15.1. The van der Waals surface area contributed by atoms with Crippen LogP contribution in [-0.4, -0.2) is 6.71 Å². The number of anilines is 6. The molecule has 9 aromatic carbocycles. The molecule has 4 aliphatic rings. The smallest absolute Gasteiger partial charge is 0.252 e. The maximum Gasteiger partial charge on any atom is 0.252 e. The number of rotatable bonds is 7. The van der Waals surface area contributed by atoms with Gasteiger partial charge in [-0.2, -0.15) is 0 Å². The Morgan fingerprint density at radius 3 is 1.27 bits per heavy atom.